The maximum absolute atomic E-state index is 12.6. The van der Waals surface area contributed by atoms with Crippen molar-refractivity contribution >= 4 is 17.7 Å². The summed E-state index contributed by atoms with van der Waals surface area (Å²) in [7, 11) is 1.32. The molecule has 0 aromatic carbocycles. The molecule has 0 bridgehead atoms. The first kappa shape index (κ1) is 19.2. The number of Topliss-reactive ketones (excluding diaryl/α,β-unsaturated/α-hetero) is 1. The van der Waals surface area contributed by atoms with Crippen LogP contribution in [0, 0.1) is 19.8 Å². The van der Waals surface area contributed by atoms with E-state index in [1.54, 1.807) is 20.8 Å². The molecule has 0 amide bonds. The molecular formula is C18H26N2O5. The zero-order valence-electron chi connectivity index (χ0n) is 15.3. The van der Waals surface area contributed by atoms with Gasteiger partial charge in [0, 0.05) is 5.69 Å². The summed E-state index contributed by atoms with van der Waals surface area (Å²) >= 11 is 0. The third-order valence-electron chi connectivity index (χ3n) is 4.68. The number of carbonyl (C=O) groups excluding carboxylic acids is 3. The van der Waals surface area contributed by atoms with E-state index in [2.05, 4.69) is 4.98 Å². The zero-order chi connectivity index (χ0) is 18.6. The van der Waals surface area contributed by atoms with E-state index in [0.29, 0.717) is 55.1 Å². The van der Waals surface area contributed by atoms with Gasteiger partial charge in [-0.1, -0.05) is 0 Å². The molecule has 2 rings (SSSR count). The quantitative estimate of drug-likeness (QED) is 0.622. The van der Waals surface area contributed by atoms with Crippen LogP contribution >= 0.6 is 0 Å². The average Bonchev–Trinajstić information content (AvgIpc) is 2.89. The van der Waals surface area contributed by atoms with Crippen LogP contribution in [-0.4, -0.2) is 61.0 Å². The highest BCUT2D eigenvalue weighted by Crippen LogP contribution is 2.22. The lowest BCUT2D eigenvalue weighted by Crippen LogP contribution is -2.39. The highest BCUT2D eigenvalue weighted by Gasteiger charge is 2.28. The van der Waals surface area contributed by atoms with Crippen LogP contribution < -0.4 is 0 Å². The number of hydrogen-bond acceptors (Lipinski definition) is 6. The Morgan fingerprint density at radius 2 is 1.84 bits per heavy atom. The summed E-state index contributed by atoms with van der Waals surface area (Å²) in [5, 5.41) is 0. The van der Waals surface area contributed by atoms with Gasteiger partial charge in [-0.25, -0.2) is 4.79 Å². The SMILES string of the molecule is CCOC(=O)C1CCN(CC(=O)c2[nH]c(C)c(C(=O)OC)c2C)CC1. The molecule has 1 aliphatic heterocycles. The van der Waals surface area contributed by atoms with Crippen molar-refractivity contribution in [3.63, 3.8) is 0 Å². The maximum Gasteiger partial charge on any atom is 0.339 e. The molecule has 1 fully saturated rings. The van der Waals surface area contributed by atoms with Gasteiger partial charge in [0.05, 0.1) is 37.4 Å². The fourth-order valence-electron chi connectivity index (χ4n) is 3.31. The number of ketones is 1. The van der Waals surface area contributed by atoms with Gasteiger partial charge < -0.3 is 14.5 Å². The van der Waals surface area contributed by atoms with E-state index >= 15 is 0 Å². The second kappa shape index (κ2) is 8.29. The molecule has 0 spiro atoms. The fraction of sp³-hybridized carbons (Fsp3) is 0.611. The van der Waals surface area contributed by atoms with Crippen molar-refractivity contribution in [3.05, 3.63) is 22.5 Å². The minimum atomic E-state index is -0.444. The van der Waals surface area contributed by atoms with Gasteiger partial charge >= 0.3 is 11.9 Å². The van der Waals surface area contributed by atoms with Gasteiger partial charge in [0.1, 0.15) is 0 Å². The summed E-state index contributed by atoms with van der Waals surface area (Å²) in [4.78, 5) is 41.3. The third-order valence-corrected chi connectivity index (χ3v) is 4.68. The van der Waals surface area contributed by atoms with E-state index in [0.717, 1.165) is 0 Å². The van der Waals surface area contributed by atoms with E-state index in [1.807, 2.05) is 4.90 Å². The lowest BCUT2D eigenvalue weighted by atomic mass is 9.96. The van der Waals surface area contributed by atoms with Crippen LogP contribution in [0.15, 0.2) is 0 Å². The van der Waals surface area contributed by atoms with Crippen LogP contribution in [0.1, 0.15) is 51.9 Å². The highest BCUT2D eigenvalue weighted by atomic mass is 16.5. The Labute approximate surface area is 147 Å². The van der Waals surface area contributed by atoms with Gasteiger partial charge in [-0.2, -0.15) is 0 Å². The van der Waals surface area contributed by atoms with E-state index in [4.69, 9.17) is 9.47 Å². The number of likely N-dealkylation sites (tertiary alicyclic amines) is 1. The van der Waals surface area contributed by atoms with Crippen LogP contribution in [0.3, 0.4) is 0 Å². The number of piperidine rings is 1. The number of aromatic amines is 1. The number of aromatic nitrogens is 1. The molecule has 25 heavy (non-hydrogen) atoms. The van der Waals surface area contributed by atoms with E-state index in [-0.39, 0.29) is 24.2 Å². The number of rotatable bonds is 6. The van der Waals surface area contributed by atoms with Crippen LogP contribution in [0.5, 0.6) is 0 Å². The van der Waals surface area contributed by atoms with E-state index in [1.165, 1.54) is 7.11 Å². The first-order valence-corrected chi connectivity index (χ1v) is 8.58. The monoisotopic (exact) mass is 350 g/mol. The number of H-pyrrole nitrogens is 1. The topological polar surface area (TPSA) is 88.7 Å². The van der Waals surface area contributed by atoms with Gasteiger partial charge in [-0.15, -0.1) is 0 Å². The highest BCUT2D eigenvalue weighted by molar-refractivity contribution is 6.02. The minimum absolute atomic E-state index is 0.0645. The summed E-state index contributed by atoms with van der Waals surface area (Å²) in [5.41, 5.74) is 2.13. The number of hydrogen-bond donors (Lipinski definition) is 1. The number of carbonyl (C=O) groups is 3. The first-order chi connectivity index (χ1) is 11.9. The molecule has 1 aliphatic rings. The lowest BCUT2D eigenvalue weighted by molar-refractivity contribution is -0.149. The van der Waals surface area contributed by atoms with Gasteiger partial charge in [0.2, 0.25) is 0 Å². The molecule has 2 heterocycles. The fourth-order valence-corrected chi connectivity index (χ4v) is 3.31. The molecule has 1 aromatic heterocycles. The molecule has 0 unspecified atom stereocenters. The number of nitrogens with one attached hydrogen (secondary N) is 1. The predicted molar refractivity (Wildman–Crippen MR) is 91.7 cm³/mol. The molecule has 0 atom stereocenters. The molecule has 138 valence electrons. The van der Waals surface area contributed by atoms with Crippen molar-refractivity contribution < 1.29 is 23.9 Å². The van der Waals surface area contributed by atoms with Gasteiger partial charge in [0.25, 0.3) is 0 Å². The summed E-state index contributed by atoms with van der Waals surface area (Å²) in [5.74, 6) is -0.732. The number of ether oxygens (including phenoxy) is 2. The summed E-state index contributed by atoms with van der Waals surface area (Å²) in [6.07, 6.45) is 1.39. The predicted octanol–water partition coefficient (Wildman–Crippen LogP) is 1.88. The normalized spacial score (nSPS) is 15.8. The Balaban J connectivity index is 1.98. The molecular weight excluding hydrogens is 324 g/mol. The number of nitrogens with zero attached hydrogens (tertiary/aromatic N) is 1. The molecule has 0 aliphatic carbocycles. The van der Waals surface area contributed by atoms with Crippen molar-refractivity contribution in [3.8, 4) is 0 Å². The summed E-state index contributed by atoms with van der Waals surface area (Å²) in [6.45, 7) is 7.31. The lowest BCUT2D eigenvalue weighted by Gasteiger charge is -2.30. The van der Waals surface area contributed by atoms with Crippen LogP contribution in [0.25, 0.3) is 0 Å². The second-order valence-electron chi connectivity index (χ2n) is 6.34. The molecule has 7 heteroatoms. The smallest absolute Gasteiger partial charge is 0.339 e. The van der Waals surface area contributed by atoms with Gasteiger partial charge in [0.15, 0.2) is 5.78 Å². The number of aryl methyl sites for hydroxylation is 1. The Kier molecular flexibility index (Phi) is 6.36. The van der Waals surface area contributed by atoms with Crippen LogP contribution in [0.2, 0.25) is 0 Å². The molecule has 0 saturated carbocycles. The van der Waals surface area contributed by atoms with Crippen molar-refractivity contribution in [2.24, 2.45) is 5.92 Å². The number of methoxy groups -OCH3 is 1. The minimum Gasteiger partial charge on any atom is -0.466 e. The van der Waals surface area contributed by atoms with Crippen LogP contribution in [0.4, 0.5) is 0 Å². The Morgan fingerprint density at radius 3 is 2.40 bits per heavy atom. The maximum atomic E-state index is 12.6. The van der Waals surface area contributed by atoms with Crippen molar-refractivity contribution in [2.45, 2.75) is 33.6 Å². The zero-order valence-corrected chi connectivity index (χ0v) is 15.3. The number of esters is 2. The summed E-state index contributed by atoms with van der Waals surface area (Å²) < 4.78 is 9.83. The Morgan fingerprint density at radius 1 is 1.20 bits per heavy atom. The average molecular weight is 350 g/mol. The molecule has 1 aromatic rings. The Bertz CT molecular complexity index is 657. The van der Waals surface area contributed by atoms with Crippen LogP contribution in [-0.2, 0) is 14.3 Å². The molecule has 1 N–H and O–H groups in total. The Hall–Kier alpha value is -2.15. The standard InChI is InChI=1S/C18H26N2O5/c1-5-25-17(22)13-6-8-20(9-7-13)10-14(21)16-11(2)15(12(3)19-16)18(23)24-4/h13,19H,5-10H2,1-4H3. The molecule has 7 nitrogen and oxygen atoms in total. The van der Waals surface area contributed by atoms with Gasteiger partial charge in [-0.3, -0.25) is 14.5 Å². The van der Waals surface area contributed by atoms with Crippen molar-refractivity contribution in [1.29, 1.82) is 0 Å². The first-order valence-electron chi connectivity index (χ1n) is 8.58. The second-order valence-corrected chi connectivity index (χ2v) is 6.34. The van der Waals surface area contributed by atoms with Gasteiger partial charge in [-0.05, 0) is 52.3 Å². The summed E-state index contributed by atoms with van der Waals surface area (Å²) in [6, 6.07) is 0. The largest absolute Gasteiger partial charge is 0.466 e. The van der Waals surface area contributed by atoms with Crippen molar-refractivity contribution in [2.75, 3.05) is 33.4 Å². The van der Waals surface area contributed by atoms with E-state index < -0.39 is 5.97 Å². The van der Waals surface area contributed by atoms with Crippen molar-refractivity contribution in [1.82, 2.24) is 9.88 Å². The third kappa shape index (κ3) is 4.28. The molecule has 0 radical (unpaired) electrons. The molecule has 1 saturated heterocycles. The van der Waals surface area contributed by atoms with E-state index in [9.17, 15) is 14.4 Å².